The minimum atomic E-state index is -0.633. The van der Waals surface area contributed by atoms with Crippen LogP contribution < -0.4 is 0 Å². The molecule has 0 aromatic rings. The van der Waals surface area contributed by atoms with Gasteiger partial charge in [-0.15, -0.1) is 0 Å². The van der Waals surface area contributed by atoms with E-state index in [1.54, 1.807) is 0 Å². The van der Waals surface area contributed by atoms with Crippen molar-refractivity contribution in [1.29, 1.82) is 0 Å². The van der Waals surface area contributed by atoms with Gasteiger partial charge in [0, 0.05) is 7.11 Å². The van der Waals surface area contributed by atoms with Gasteiger partial charge in [-0.25, -0.2) is 0 Å². The fourth-order valence-corrected chi connectivity index (χ4v) is 1.29. The molecule has 0 amide bonds. The van der Waals surface area contributed by atoms with Crippen molar-refractivity contribution in [3.8, 4) is 0 Å². The number of carbonyl (C=O) groups excluding carboxylic acids is 1. The molecule has 0 radical (unpaired) electrons. The van der Waals surface area contributed by atoms with Gasteiger partial charge >= 0.3 is 5.97 Å². The maximum atomic E-state index is 11.5. The average Bonchev–Trinajstić information content (AvgIpc) is 2.27. The zero-order valence-electron chi connectivity index (χ0n) is 12.1. The monoisotopic (exact) mass is 262 g/mol. The van der Waals surface area contributed by atoms with Crippen LogP contribution in [0.25, 0.3) is 0 Å². The fourth-order valence-electron chi connectivity index (χ4n) is 1.29. The highest BCUT2D eigenvalue weighted by molar-refractivity contribution is 5.70. The molecule has 2 atom stereocenters. The van der Waals surface area contributed by atoms with Gasteiger partial charge in [0.2, 0.25) is 0 Å². The van der Waals surface area contributed by atoms with Gasteiger partial charge in [0.25, 0.3) is 0 Å². The van der Waals surface area contributed by atoms with E-state index < -0.39 is 6.29 Å². The summed E-state index contributed by atoms with van der Waals surface area (Å²) in [6, 6.07) is 0. The summed E-state index contributed by atoms with van der Waals surface area (Å²) in [5, 5.41) is 9.01. The summed E-state index contributed by atoms with van der Waals surface area (Å²) < 4.78 is 15.6. The van der Waals surface area contributed by atoms with Gasteiger partial charge in [0.1, 0.15) is 6.61 Å². The summed E-state index contributed by atoms with van der Waals surface area (Å²) in [6.45, 7) is 7.78. The Balaban J connectivity index is 4.03. The number of esters is 1. The third-order valence-corrected chi connectivity index (χ3v) is 2.32. The van der Waals surface area contributed by atoms with Crippen LogP contribution in [0.4, 0.5) is 0 Å². The molecule has 0 aromatic heterocycles. The van der Waals surface area contributed by atoms with Crippen LogP contribution in [0.3, 0.4) is 0 Å². The van der Waals surface area contributed by atoms with Crippen LogP contribution in [0.2, 0.25) is 0 Å². The van der Waals surface area contributed by atoms with E-state index in [9.17, 15) is 4.79 Å². The standard InChI is InChI=1S/C13H26O5/c1-6-10(8-14)18-12(16-5)9-17-11(15)7-13(2,3)4/h10,12,14H,6-9H2,1-5H3. The number of hydrogen-bond donors (Lipinski definition) is 1. The van der Waals surface area contributed by atoms with Gasteiger partial charge in [0.05, 0.1) is 19.1 Å². The Bertz CT molecular complexity index is 230. The first kappa shape index (κ1) is 17.4. The highest BCUT2D eigenvalue weighted by atomic mass is 16.7. The van der Waals surface area contributed by atoms with Crippen molar-refractivity contribution < 1.29 is 24.1 Å². The Hall–Kier alpha value is -0.650. The minimum Gasteiger partial charge on any atom is -0.460 e. The van der Waals surface area contributed by atoms with E-state index in [-0.39, 0.29) is 30.7 Å². The molecule has 1 N–H and O–H groups in total. The number of carbonyl (C=O) groups is 1. The number of aliphatic hydroxyl groups is 1. The molecule has 5 nitrogen and oxygen atoms in total. The molecule has 0 aromatic carbocycles. The largest absolute Gasteiger partial charge is 0.460 e. The molecule has 0 heterocycles. The topological polar surface area (TPSA) is 65.0 Å². The highest BCUT2D eigenvalue weighted by Crippen LogP contribution is 2.19. The van der Waals surface area contributed by atoms with Crippen LogP contribution in [0.15, 0.2) is 0 Å². The van der Waals surface area contributed by atoms with Crippen molar-refractivity contribution in [3.63, 3.8) is 0 Å². The number of aliphatic hydroxyl groups excluding tert-OH is 1. The lowest BCUT2D eigenvalue weighted by Gasteiger charge is -2.22. The summed E-state index contributed by atoms with van der Waals surface area (Å²) in [6.07, 6.45) is 0.0923. The van der Waals surface area contributed by atoms with E-state index in [1.807, 2.05) is 27.7 Å². The summed E-state index contributed by atoms with van der Waals surface area (Å²) in [5.74, 6) is -0.273. The lowest BCUT2D eigenvalue weighted by molar-refractivity contribution is -0.195. The molecule has 18 heavy (non-hydrogen) atoms. The van der Waals surface area contributed by atoms with Crippen LogP contribution in [-0.4, -0.2) is 43.8 Å². The molecule has 0 rings (SSSR count). The van der Waals surface area contributed by atoms with Gasteiger partial charge in [-0.3, -0.25) is 4.79 Å². The maximum absolute atomic E-state index is 11.5. The van der Waals surface area contributed by atoms with E-state index >= 15 is 0 Å². The SMILES string of the molecule is CCC(CO)OC(COC(=O)CC(C)(C)C)OC. The zero-order valence-corrected chi connectivity index (χ0v) is 12.1. The van der Waals surface area contributed by atoms with Crippen LogP contribution in [0.1, 0.15) is 40.5 Å². The number of rotatable bonds is 8. The summed E-state index contributed by atoms with van der Waals surface area (Å²) in [5.41, 5.74) is -0.0996. The van der Waals surface area contributed by atoms with E-state index in [4.69, 9.17) is 19.3 Å². The second-order valence-electron chi connectivity index (χ2n) is 5.43. The number of ether oxygens (including phenoxy) is 3. The van der Waals surface area contributed by atoms with Crippen molar-refractivity contribution in [2.75, 3.05) is 20.3 Å². The van der Waals surface area contributed by atoms with Crippen molar-refractivity contribution in [3.05, 3.63) is 0 Å². The van der Waals surface area contributed by atoms with Crippen LogP contribution in [-0.2, 0) is 19.0 Å². The molecule has 5 heteroatoms. The molecule has 0 fully saturated rings. The van der Waals surface area contributed by atoms with Gasteiger partial charge in [-0.1, -0.05) is 27.7 Å². The summed E-state index contributed by atoms with van der Waals surface area (Å²) >= 11 is 0. The molecular formula is C13H26O5. The Labute approximate surface area is 109 Å². The number of hydrogen-bond acceptors (Lipinski definition) is 5. The van der Waals surface area contributed by atoms with Gasteiger partial charge in [-0.05, 0) is 11.8 Å². The van der Waals surface area contributed by atoms with Crippen molar-refractivity contribution in [1.82, 2.24) is 0 Å². The molecule has 0 bridgehead atoms. The van der Waals surface area contributed by atoms with Crippen molar-refractivity contribution in [2.45, 2.75) is 52.9 Å². The normalized spacial score (nSPS) is 15.2. The third kappa shape index (κ3) is 8.44. The van der Waals surface area contributed by atoms with Crippen LogP contribution >= 0.6 is 0 Å². The Morgan fingerprint density at radius 3 is 2.33 bits per heavy atom. The fraction of sp³-hybridized carbons (Fsp3) is 0.923. The molecule has 108 valence electrons. The van der Waals surface area contributed by atoms with Crippen LogP contribution in [0.5, 0.6) is 0 Å². The predicted octanol–water partition coefficient (Wildman–Crippen LogP) is 1.73. The van der Waals surface area contributed by atoms with Crippen molar-refractivity contribution in [2.24, 2.45) is 5.41 Å². The molecule has 2 unspecified atom stereocenters. The Morgan fingerprint density at radius 1 is 1.33 bits per heavy atom. The molecule has 0 aliphatic rings. The smallest absolute Gasteiger partial charge is 0.306 e. The lowest BCUT2D eigenvalue weighted by atomic mass is 9.93. The summed E-state index contributed by atoms with van der Waals surface area (Å²) in [4.78, 5) is 11.5. The van der Waals surface area contributed by atoms with E-state index in [0.717, 1.165) is 0 Å². The van der Waals surface area contributed by atoms with Crippen molar-refractivity contribution >= 4 is 5.97 Å². The van der Waals surface area contributed by atoms with Crippen LogP contribution in [0, 0.1) is 5.41 Å². The molecule has 0 aliphatic carbocycles. The molecule has 0 aliphatic heterocycles. The number of methoxy groups -OCH3 is 1. The highest BCUT2D eigenvalue weighted by Gasteiger charge is 2.20. The second kappa shape index (κ2) is 8.45. The lowest BCUT2D eigenvalue weighted by Crippen LogP contribution is -2.31. The Kier molecular flexibility index (Phi) is 8.15. The quantitative estimate of drug-likeness (QED) is 0.533. The van der Waals surface area contributed by atoms with E-state index in [0.29, 0.717) is 12.8 Å². The zero-order chi connectivity index (χ0) is 14.2. The van der Waals surface area contributed by atoms with Gasteiger partial charge in [0.15, 0.2) is 6.29 Å². The first-order valence-corrected chi connectivity index (χ1v) is 6.27. The molecular weight excluding hydrogens is 236 g/mol. The minimum absolute atomic E-state index is 0.0436. The molecule has 0 saturated carbocycles. The van der Waals surface area contributed by atoms with E-state index in [1.165, 1.54) is 7.11 Å². The third-order valence-electron chi connectivity index (χ3n) is 2.32. The first-order valence-electron chi connectivity index (χ1n) is 6.27. The molecule has 0 saturated heterocycles. The van der Waals surface area contributed by atoms with Gasteiger partial charge < -0.3 is 19.3 Å². The van der Waals surface area contributed by atoms with Gasteiger partial charge in [-0.2, -0.15) is 0 Å². The Morgan fingerprint density at radius 2 is 1.94 bits per heavy atom. The maximum Gasteiger partial charge on any atom is 0.306 e. The second-order valence-corrected chi connectivity index (χ2v) is 5.43. The summed E-state index contributed by atoms with van der Waals surface area (Å²) in [7, 11) is 1.48. The first-order chi connectivity index (χ1) is 8.32. The predicted molar refractivity (Wildman–Crippen MR) is 68.1 cm³/mol. The average molecular weight is 262 g/mol. The van der Waals surface area contributed by atoms with E-state index in [2.05, 4.69) is 0 Å². The molecule has 0 spiro atoms.